The summed E-state index contributed by atoms with van der Waals surface area (Å²) in [4.78, 5) is 4.60. The quantitative estimate of drug-likeness (QED) is 0.149. The van der Waals surface area contributed by atoms with Gasteiger partial charge in [0, 0.05) is 18.0 Å². The van der Waals surface area contributed by atoms with Crippen molar-refractivity contribution in [2.45, 2.75) is 0 Å². The number of nitrogens with zero attached hydrogens (tertiary/aromatic N) is 1. The number of hydrogen-bond acceptors (Lipinski definition) is 1. The predicted molar refractivity (Wildman–Crippen MR) is 246 cm³/mol. The van der Waals surface area contributed by atoms with Crippen LogP contribution in [0.5, 0.6) is 0 Å². The van der Waals surface area contributed by atoms with Crippen molar-refractivity contribution >= 4 is 32.3 Å². The van der Waals surface area contributed by atoms with Crippen LogP contribution in [0.1, 0.15) is 0 Å². The molecule has 10 aromatic carbocycles. The molecular formula is C57H37N. The number of rotatable bonds is 7. The van der Waals surface area contributed by atoms with E-state index < -0.39 is 0 Å². The molecule has 1 heteroatoms. The molecule has 0 fully saturated rings. The molecule has 58 heavy (non-hydrogen) atoms. The molecule has 0 bridgehead atoms. The summed E-state index contributed by atoms with van der Waals surface area (Å²) in [5.41, 5.74) is 16.8. The van der Waals surface area contributed by atoms with Gasteiger partial charge in [-0.1, -0.05) is 176 Å². The van der Waals surface area contributed by atoms with Gasteiger partial charge in [-0.15, -0.1) is 0 Å². The van der Waals surface area contributed by atoms with E-state index >= 15 is 0 Å². The fourth-order valence-corrected chi connectivity index (χ4v) is 8.96. The van der Waals surface area contributed by atoms with Crippen molar-refractivity contribution in [3.05, 3.63) is 225 Å². The van der Waals surface area contributed by atoms with Crippen molar-refractivity contribution < 1.29 is 0 Å². The first kappa shape index (κ1) is 33.7. The molecule has 0 spiro atoms. The second-order valence-corrected chi connectivity index (χ2v) is 15.1. The molecule has 0 aliphatic carbocycles. The Hall–Kier alpha value is -7.61. The van der Waals surface area contributed by atoms with Crippen molar-refractivity contribution in [3.8, 4) is 77.9 Å². The molecule has 1 aromatic heterocycles. The average Bonchev–Trinajstić information content (AvgIpc) is 3.31. The van der Waals surface area contributed by atoms with Crippen LogP contribution < -0.4 is 0 Å². The first-order valence-electron chi connectivity index (χ1n) is 19.9. The Morgan fingerprint density at radius 2 is 0.534 bits per heavy atom. The van der Waals surface area contributed by atoms with Gasteiger partial charge in [-0.25, -0.2) is 0 Å². The summed E-state index contributed by atoms with van der Waals surface area (Å²) >= 11 is 0. The van der Waals surface area contributed by atoms with Gasteiger partial charge in [-0.3, -0.25) is 4.98 Å². The van der Waals surface area contributed by atoms with Crippen LogP contribution in [-0.4, -0.2) is 4.98 Å². The Kier molecular flexibility index (Phi) is 8.23. The van der Waals surface area contributed by atoms with Gasteiger partial charge in [0.05, 0.1) is 0 Å². The third-order valence-electron chi connectivity index (χ3n) is 11.7. The van der Waals surface area contributed by atoms with Crippen LogP contribution in [0, 0.1) is 0 Å². The molecule has 0 unspecified atom stereocenters. The Morgan fingerprint density at radius 3 is 0.879 bits per heavy atom. The minimum absolute atomic E-state index is 1.10. The number of benzene rings is 10. The SMILES string of the molecule is c1ccc(-c2cccc(-c3cc(-c4cccnc4)c4ccc5c(-c6cccc(-c7ccccc7)c6)cc(-c6cccc(-c7ccccc7)c6)c6ccc3c4c56)c2)cc1. The Balaban J connectivity index is 1.24. The Morgan fingerprint density at radius 1 is 0.224 bits per heavy atom. The van der Waals surface area contributed by atoms with Gasteiger partial charge in [0.15, 0.2) is 0 Å². The number of pyridine rings is 1. The lowest BCUT2D eigenvalue weighted by Gasteiger charge is -2.22. The van der Waals surface area contributed by atoms with E-state index in [9.17, 15) is 0 Å². The second kappa shape index (κ2) is 14.2. The summed E-state index contributed by atoms with van der Waals surface area (Å²) in [5.74, 6) is 0. The van der Waals surface area contributed by atoms with Gasteiger partial charge >= 0.3 is 0 Å². The van der Waals surface area contributed by atoms with Gasteiger partial charge < -0.3 is 0 Å². The highest BCUT2D eigenvalue weighted by molar-refractivity contribution is 6.32. The number of aromatic nitrogens is 1. The van der Waals surface area contributed by atoms with Gasteiger partial charge in [0.1, 0.15) is 0 Å². The monoisotopic (exact) mass is 735 g/mol. The number of hydrogen-bond donors (Lipinski definition) is 0. The predicted octanol–water partition coefficient (Wildman–Crippen LogP) is 15.6. The maximum atomic E-state index is 4.60. The second-order valence-electron chi connectivity index (χ2n) is 15.1. The standard InChI is InChI=1S/C57H37N/c1-4-14-38(15-5-1)41-20-10-23-44(32-41)52-35-53(45-24-11-21-42(33-45)39-16-6-2-7-17-39)49-29-30-51-55(47-26-13-31-58-37-47)36-54(50-28-27-48(52)56(49)57(50)51)46-25-12-22-43(34-46)40-18-8-3-9-19-40/h1-37H. The summed E-state index contributed by atoms with van der Waals surface area (Å²) < 4.78 is 0. The molecule has 11 aromatic rings. The summed E-state index contributed by atoms with van der Waals surface area (Å²) in [6.07, 6.45) is 3.85. The summed E-state index contributed by atoms with van der Waals surface area (Å²) in [6.45, 7) is 0. The van der Waals surface area contributed by atoms with Crippen LogP contribution in [0.3, 0.4) is 0 Å². The van der Waals surface area contributed by atoms with Crippen LogP contribution in [-0.2, 0) is 0 Å². The maximum Gasteiger partial charge on any atom is 0.0346 e. The highest BCUT2D eigenvalue weighted by atomic mass is 14.6. The summed E-state index contributed by atoms with van der Waals surface area (Å²) in [5, 5.41) is 7.51. The first-order valence-corrected chi connectivity index (χ1v) is 19.9. The van der Waals surface area contributed by atoms with E-state index in [1.807, 2.05) is 18.5 Å². The molecule has 0 saturated carbocycles. The van der Waals surface area contributed by atoms with Crippen molar-refractivity contribution in [2.75, 3.05) is 0 Å². The lowest BCUT2D eigenvalue weighted by atomic mass is 9.81. The van der Waals surface area contributed by atoms with Gasteiger partial charge in [0.2, 0.25) is 0 Å². The molecule has 0 amide bonds. The van der Waals surface area contributed by atoms with Crippen LogP contribution >= 0.6 is 0 Å². The third kappa shape index (κ3) is 5.84. The van der Waals surface area contributed by atoms with Crippen LogP contribution in [0.2, 0.25) is 0 Å². The molecule has 0 radical (unpaired) electrons. The maximum absolute atomic E-state index is 4.60. The zero-order valence-corrected chi connectivity index (χ0v) is 31.8. The van der Waals surface area contributed by atoms with Crippen molar-refractivity contribution in [1.29, 1.82) is 0 Å². The zero-order chi connectivity index (χ0) is 38.4. The molecule has 0 aliphatic heterocycles. The summed E-state index contributed by atoms with van der Waals surface area (Å²) in [6, 6.07) is 77.6. The van der Waals surface area contributed by atoms with Crippen molar-refractivity contribution in [3.63, 3.8) is 0 Å². The minimum atomic E-state index is 1.10. The Labute approximate surface area is 338 Å². The normalized spacial score (nSPS) is 11.4. The van der Waals surface area contributed by atoms with E-state index in [1.165, 1.54) is 105 Å². The smallest absolute Gasteiger partial charge is 0.0346 e. The minimum Gasteiger partial charge on any atom is -0.264 e. The fraction of sp³-hybridized carbons (Fsp3) is 0. The lowest BCUT2D eigenvalue weighted by molar-refractivity contribution is 1.33. The molecule has 270 valence electrons. The first-order chi connectivity index (χ1) is 28.8. The van der Waals surface area contributed by atoms with Gasteiger partial charge in [0.25, 0.3) is 0 Å². The van der Waals surface area contributed by atoms with Gasteiger partial charge in [-0.2, -0.15) is 0 Å². The van der Waals surface area contributed by atoms with E-state index in [1.54, 1.807) is 0 Å². The summed E-state index contributed by atoms with van der Waals surface area (Å²) in [7, 11) is 0. The van der Waals surface area contributed by atoms with E-state index in [4.69, 9.17) is 0 Å². The zero-order valence-electron chi connectivity index (χ0n) is 31.8. The van der Waals surface area contributed by atoms with E-state index in [0.717, 1.165) is 5.56 Å². The third-order valence-corrected chi connectivity index (χ3v) is 11.7. The van der Waals surface area contributed by atoms with E-state index in [0.29, 0.717) is 0 Å². The molecular weight excluding hydrogens is 699 g/mol. The average molecular weight is 736 g/mol. The van der Waals surface area contributed by atoms with Crippen LogP contribution in [0.4, 0.5) is 0 Å². The largest absolute Gasteiger partial charge is 0.264 e. The molecule has 0 aliphatic rings. The van der Waals surface area contributed by atoms with E-state index in [-0.39, 0.29) is 0 Å². The molecule has 0 saturated heterocycles. The molecule has 0 N–H and O–H groups in total. The highest BCUT2D eigenvalue weighted by Gasteiger charge is 2.21. The van der Waals surface area contributed by atoms with Crippen molar-refractivity contribution in [1.82, 2.24) is 4.98 Å². The molecule has 1 heterocycles. The lowest BCUT2D eigenvalue weighted by Crippen LogP contribution is -1.95. The van der Waals surface area contributed by atoms with Gasteiger partial charge in [-0.05, 0) is 141 Å². The Bertz CT molecular complexity index is 3140. The van der Waals surface area contributed by atoms with Crippen LogP contribution in [0.25, 0.3) is 110 Å². The van der Waals surface area contributed by atoms with Crippen molar-refractivity contribution in [2.24, 2.45) is 0 Å². The fourth-order valence-electron chi connectivity index (χ4n) is 8.96. The molecule has 1 nitrogen and oxygen atoms in total. The highest BCUT2D eigenvalue weighted by Crippen LogP contribution is 2.49. The van der Waals surface area contributed by atoms with Crippen LogP contribution in [0.15, 0.2) is 225 Å². The molecule has 11 rings (SSSR count). The topological polar surface area (TPSA) is 12.9 Å². The molecule has 0 atom stereocenters. The van der Waals surface area contributed by atoms with E-state index in [2.05, 4.69) is 211 Å².